The van der Waals surface area contributed by atoms with Crippen molar-refractivity contribution in [3.05, 3.63) is 40.5 Å². The number of aromatic amines is 1. The lowest BCUT2D eigenvalue weighted by molar-refractivity contribution is 0.0770. The van der Waals surface area contributed by atoms with Crippen LogP contribution in [0.5, 0.6) is 0 Å². The van der Waals surface area contributed by atoms with Crippen molar-refractivity contribution < 1.29 is 17.6 Å². The molecule has 0 saturated carbocycles. The molecule has 1 N–H and O–H groups in total. The highest BCUT2D eigenvalue weighted by Gasteiger charge is 2.28. The highest BCUT2D eigenvalue weighted by atomic mass is 79.9. The molecule has 1 amide bonds. The minimum atomic E-state index is -3.56. The van der Waals surface area contributed by atoms with Crippen LogP contribution in [0.2, 0.25) is 0 Å². The Morgan fingerprint density at radius 1 is 1.40 bits per heavy atom. The topological polar surface area (TPSA) is 86.6 Å². The first-order valence-corrected chi connectivity index (χ1v) is 11.0. The van der Waals surface area contributed by atoms with E-state index in [1.807, 2.05) is 0 Å². The second-order valence-electron chi connectivity index (χ2n) is 5.63. The number of nitrogens with one attached hydrogen (secondary N) is 1. The average Bonchev–Trinajstić information content (AvgIpc) is 3.24. The van der Waals surface area contributed by atoms with Crippen LogP contribution in [0.15, 0.2) is 38.4 Å². The highest BCUT2D eigenvalue weighted by Crippen LogP contribution is 2.22. The number of furan rings is 1. The van der Waals surface area contributed by atoms with Crippen molar-refractivity contribution in [1.82, 2.24) is 14.2 Å². The summed E-state index contributed by atoms with van der Waals surface area (Å²) in [6.07, 6.45) is 1.38. The van der Waals surface area contributed by atoms with Crippen molar-refractivity contribution in [3.8, 4) is 0 Å². The van der Waals surface area contributed by atoms with Gasteiger partial charge >= 0.3 is 0 Å². The quantitative estimate of drug-likeness (QED) is 0.759. The molecule has 0 radical (unpaired) electrons. The van der Waals surface area contributed by atoms with Crippen molar-refractivity contribution >= 4 is 43.6 Å². The Hall–Kier alpha value is -1.23. The van der Waals surface area contributed by atoms with Gasteiger partial charge in [-0.05, 0) is 34.1 Å². The summed E-state index contributed by atoms with van der Waals surface area (Å²) in [6.45, 7) is 1.28. The molecule has 2 aromatic heterocycles. The molecule has 2 aromatic rings. The molecule has 25 heavy (non-hydrogen) atoms. The maximum absolute atomic E-state index is 12.6. The molecule has 0 aliphatic carbocycles. The van der Waals surface area contributed by atoms with Gasteiger partial charge in [0.2, 0.25) is 10.0 Å². The third kappa shape index (κ3) is 4.13. The average molecular weight is 448 g/mol. The first kappa shape index (κ1) is 18.6. The summed E-state index contributed by atoms with van der Waals surface area (Å²) in [5.74, 6) is 1.91. The molecule has 136 valence electrons. The minimum absolute atomic E-state index is 0.122. The predicted octanol–water partition coefficient (Wildman–Crippen LogP) is 2.38. The second kappa shape index (κ2) is 7.56. The number of sulfonamides is 1. The fourth-order valence-electron chi connectivity index (χ4n) is 2.53. The molecule has 1 aliphatic rings. The maximum Gasteiger partial charge on any atom is 0.270 e. The van der Waals surface area contributed by atoms with E-state index in [-0.39, 0.29) is 23.0 Å². The van der Waals surface area contributed by atoms with E-state index in [4.69, 9.17) is 4.42 Å². The fraction of sp³-hybridized carbons (Fsp3) is 0.400. The Morgan fingerprint density at radius 2 is 2.12 bits per heavy atom. The molecule has 0 spiro atoms. The van der Waals surface area contributed by atoms with Gasteiger partial charge in [-0.15, -0.1) is 0 Å². The molecule has 0 aromatic carbocycles. The summed E-state index contributed by atoms with van der Waals surface area (Å²) in [6, 6.07) is 4.92. The molecule has 3 heterocycles. The Morgan fingerprint density at radius 3 is 2.76 bits per heavy atom. The molecular formula is C15H18BrN3O4S2. The fourth-order valence-corrected chi connectivity index (χ4v) is 5.44. The van der Waals surface area contributed by atoms with Crippen molar-refractivity contribution in [3.63, 3.8) is 0 Å². The summed E-state index contributed by atoms with van der Waals surface area (Å²) >= 11 is 4.96. The van der Waals surface area contributed by atoms with E-state index in [2.05, 4.69) is 20.9 Å². The minimum Gasteiger partial charge on any atom is -0.452 e. The van der Waals surface area contributed by atoms with Crippen molar-refractivity contribution in [1.29, 1.82) is 0 Å². The monoisotopic (exact) mass is 447 g/mol. The van der Waals surface area contributed by atoms with E-state index < -0.39 is 10.0 Å². The van der Waals surface area contributed by atoms with Crippen molar-refractivity contribution in [2.45, 2.75) is 11.4 Å². The Bertz CT molecular complexity index is 856. The van der Waals surface area contributed by atoms with Crippen LogP contribution in [0, 0.1) is 0 Å². The Balaban J connectivity index is 1.72. The number of aromatic nitrogens is 1. The van der Waals surface area contributed by atoms with Gasteiger partial charge in [0.15, 0.2) is 4.67 Å². The lowest BCUT2D eigenvalue weighted by Gasteiger charge is -2.24. The van der Waals surface area contributed by atoms with Crippen LogP contribution in [0.4, 0.5) is 0 Å². The van der Waals surface area contributed by atoms with E-state index in [1.54, 1.807) is 30.9 Å². The van der Waals surface area contributed by atoms with E-state index in [0.29, 0.717) is 23.5 Å². The van der Waals surface area contributed by atoms with Crippen molar-refractivity contribution in [2.75, 3.05) is 31.6 Å². The molecule has 1 saturated heterocycles. The zero-order valence-corrected chi connectivity index (χ0v) is 16.8. The van der Waals surface area contributed by atoms with Crippen LogP contribution in [0.1, 0.15) is 16.2 Å². The zero-order chi connectivity index (χ0) is 18.0. The summed E-state index contributed by atoms with van der Waals surface area (Å²) in [7, 11) is -1.93. The number of hydrogen-bond donors (Lipinski definition) is 1. The number of carbonyl (C=O) groups is 1. The Labute approximate surface area is 158 Å². The molecule has 1 aliphatic heterocycles. The molecule has 1 fully saturated rings. The standard InChI is InChI=1S/C15H18BrN3O4S2/c1-18(10-11-2-3-14(16)23-11)15(20)13-8-12(9-17-13)25(21,22)19-4-6-24-7-5-19/h2-3,8-9,17H,4-7,10H2,1H3. The summed E-state index contributed by atoms with van der Waals surface area (Å²) in [5.41, 5.74) is 0.234. The van der Waals surface area contributed by atoms with Crippen LogP contribution in [0.3, 0.4) is 0 Å². The normalized spacial score (nSPS) is 16.1. The van der Waals surface area contributed by atoms with Gasteiger partial charge in [0, 0.05) is 37.8 Å². The highest BCUT2D eigenvalue weighted by molar-refractivity contribution is 9.10. The first-order chi connectivity index (χ1) is 11.9. The number of hydrogen-bond acceptors (Lipinski definition) is 5. The van der Waals surface area contributed by atoms with Crippen LogP contribution < -0.4 is 0 Å². The van der Waals surface area contributed by atoms with E-state index >= 15 is 0 Å². The van der Waals surface area contributed by atoms with Gasteiger partial charge in [0.25, 0.3) is 5.91 Å². The molecular weight excluding hydrogens is 430 g/mol. The van der Waals surface area contributed by atoms with Gasteiger partial charge in [-0.25, -0.2) is 8.42 Å². The summed E-state index contributed by atoms with van der Waals surface area (Å²) < 4.78 is 32.7. The van der Waals surface area contributed by atoms with Crippen LogP contribution in [-0.2, 0) is 16.6 Å². The molecule has 0 bridgehead atoms. The van der Waals surface area contributed by atoms with Gasteiger partial charge < -0.3 is 14.3 Å². The van der Waals surface area contributed by atoms with E-state index in [0.717, 1.165) is 11.5 Å². The smallest absolute Gasteiger partial charge is 0.270 e. The molecule has 0 unspecified atom stereocenters. The van der Waals surface area contributed by atoms with Crippen molar-refractivity contribution in [2.24, 2.45) is 0 Å². The van der Waals surface area contributed by atoms with Crippen LogP contribution in [0.25, 0.3) is 0 Å². The number of thioether (sulfide) groups is 1. The van der Waals surface area contributed by atoms with Gasteiger partial charge in [-0.2, -0.15) is 16.1 Å². The van der Waals surface area contributed by atoms with Crippen LogP contribution in [-0.4, -0.2) is 60.2 Å². The second-order valence-corrected chi connectivity index (χ2v) is 9.58. The van der Waals surface area contributed by atoms with Gasteiger partial charge in [-0.3, -0.25) is 4.79 Å². The summed E-state index contributed by atoms with van der Waals surface area (Å²) in [5, 5.41) is 0. The molecule has 3 rings (SSSR count). The van der Waals surface area contributed by atoms with Gasteiger partial charge in [0.05, 0.1) is 6.54 Å². The lowest BCUT2D eigenvalue weighted by atomic mass is 10.3. The lowest BCUT2D eigenvalue weighted by Crippen LogP contribution is -2.37. The predicted molar refractivity (Wildman–Crippen MR) is 99.1 cm³/mol. The number of H-pyrrole nitrogens is 1. The van der Waals surface area contributed by atoms with Gasteiger partial charge in [-0.1, -0.05) is 0 Å². The number of carbonyl (C=O) groups excluding carboxylic acids is 1. The Kier molecular flexibility index (Phi) is 5.62. The number of nitrogens with zero attached hydrogens (tertiary/aromatic N) is 2. The third-order valence-corrected chi connectivity index (χ3v) is 7.11. The van der Waals surface area contributed by atoms with Gasteiger partial charge in [0.1, 0.15) is 16.3 Å². The first-order valence-electron chi connectivity index (χ1n) is 7.64. The molecule has 10 heteroatoms. The maximum atomic E-state index is 12.6. The SMILES string of the molecule is CN(Cc1ccc(Br)o1)C(=O)c1cc(S(=O)(=O)N2CCSCC2)c[nH]1. The number of rotatable bonds is 5. The largest absolute Gasteiger partial charge is 0.452 e. The van der Waals surface area contributed by atoms with Crippen LogP contribution >= 0.6 is 27.7 Å². The zero-order valence-electron chi connectivity index (χ0n) is 13.6. The third-order valence-electron chi connectivity index (χ3n) is 3.86. The summed E-state index contributed by atoms with van der Waals surface area (Å²) in [4.78, 5) is 16.9. The number of amides is 1. The van der Waals surface area contributed by atoms with E-state index in [1.165, 1.54) is 21.5 Å². The molecule has 0 atom stereocenters. The number of halogens is 1. The van der Waals surface area contributed by atoms with E-state index in [9.17, 15) is 13.2 Å². The molecule has 7 nitrogen and oxygen atoms in total.